The molecule has 0 atom stereocenters. The maximum atomic E-state index is 12.8. The zero-order chi connectivity index (χ0) is 17.2. The van der Waals surface area contributed by atoms with Gasteiger partial charge in [-0.1, -0.05) is 5.16 Å². The molecule has 1 amide bonds. The topological polar surface area (TPSA) is 81.6 Å². The second kappa shape index (κ2) is 6.39. The Hall–Kier alpha value is -3.16. The van der Waals surface area contributed by atoms with Crippen LogP contribution in [0.5, 0.6) is 5.75 Å². The molecule has 0 N–H and O–H groups in total. The largest absolute Gasteiger partial charge is 0.484 e. The summed E-state index contributed by atoms with van der Waals surface area (Å²) in [7, 11) is 0. The summed E-state index contributed by atoms with van der Waals surface area (Å²) in [6.45, 7) is 0.886. The number of halogens is 1. The Morgan fingerprint density at radius 1 is 1.28 bits per heavy atom. The summed E-state index contributed by atoms with van der Waals surface area (Å²) in [5.41, 5.74) is 0. The first-order chi connectivity index (χ1) is 12.2. The van der Waals surface area contributed by atoms with Crippen LogP contribution in [0.2, 0.25) is 0 Å². The lowest BCUT2D eigenvalue weighted by Crippen LogP contribution is -2.50. The van der Waals surface area contributed by atoms with Gasteiger partial charge in [0.25, 0.3) is 5.91 Å². The maximum Gasteiger partial charge on any atom is 0.260 e. The maximum absolute atomic E-state index is 12.8. The molecule has 128 valence electrons. The smallest absolute Gasteiger partial charge is 0.260 e. The molecule has 4 rings (SSSR count). The summed E-state index contributed by atoms with van der Waals surface area (Å²) in [4.78, 5) is 18.0. The van der Waals surface area contributed by atoms with E-state index >= 15 is 0 Å². The Labute approximate surface area is 142 Å². The van der Waals surface area contributed by atoms with Crippen LogP contribution in [0.3, 0.4) is 0 Å². The van der Waals surface area contributed by atoms with E-state index < -0.39 is 0 Å². The van der Waals surface area contributed by atoms with Crippen LogP contribution in [0.1, 0.15) is 11.8 Å². The highest BCUT2D eigenvalue weighted by atomic mass is 19.1. The fourth-order valence-electron chi connectivity index (χ4n) is 2.51. The van der Waals surface area contributed by atoms with E-state index in [0.29, 0.717) is 36.3 Å². The summed E-state index contributed by atoms with van der Waals surface area (Å²) in [6, 6.07) is 9.03. The van der Waals surface area contributed by atoms with Gasteiger partial charge in [0.1, 0.15) is 11.6 Å². The number of nitrogens with zero attached hydrogens (tertiary/aromatic N) is 3. The first kappa shape index (κ1) is 15.4. The number of amides is 1. The normalized spacial score (nSPS) is 14.4. The van der Waals surface area contributed by atoms with Crippen molar-refractivity contribution in [2.45, 2.75) is 5.92 Å². The number of ether oxygens (including phenoxy) is 1. The minimum atomic E-state index is -0.349. The molecule has 0 unspecified atom stereocenters. The minimum absolute atomic E-state index is 0.00554. The summed E-state index contributed by atoms with van der Waals surface area (Å²) in [5, 5.41) is 3.88. The standard InChI is InChI=1S/C17H14FN3O4/c18-12-3-5-13(6-4-12)24-10-15(22)21-8-11(9-21)17-19-16(20-25-17)14-2-1-7-23-14/h1-7,11H,8-10H2. The first-order valence-electron chi connectivity index (χ1n) is 7.72. The second-order valence-corrected chi connectivity index (χ2v) is 5.67. The lowest BCUT2D eigenvalue weighted by Gasteiger charge is -2.36. The van der Waals surface area contributed by atoms with Crippen LogP contribution in [0.25, 0.3) is 11.6 Å². The molecule has 0 saturated carbocycles. The third-order valence-electron chi connectivity index (χ3n) is 3.94. The molecule has 3 aromatic rings. The third kappa shape index (κ3) is 3.23. The number of likely N-dealkylation sites (tertiary alicyclic amines) is 1. The summed E-state index contributed by atoms with van der Waals surface area (Å²) < 4.78 is 28.6. The van der Waals surface area contributed by atoms with Crippen LogP contribution in [-0.4, -0.2) is 40.6 Å². The van der Waals surface area contributed by atoms with Gasteiger partial charge in [-0.15, -0.1) is 0 Å². The molecule has 1 aliphatic heterocycles. The number of hydrogen-bond donors (Lipinski definition) is 0. The van der Waals surface area contributed by atoms with Gasteiger partial charge in [0.15, 0.2) is 12.4 Å². The van der Waals surface area contributed by atoms with E-state index in [1.54, 1.807) is 17.0 Å². The van der Waals surface area contributed by atoms with Crippen molar-refractivity contribution in [1.29, 1.82) is 0 Å². The predicted octanol–water partition coefficient (Wildman–Crippen LogP) is 2.47. The third-order valence-corrected chi connectivity index (χ3v) is 3.94. The molecule has 1 aromatic carbocycles. The molecule has 2 aromatic heterocycles. The van der Waals surface area contributed by atoms with E-state index in [2.05, 4.69) is 10.1 Å². The molecule has 1 fully saturated rings. The molecular weight excluding hydrogens is 329 g/mol. The van der Waals surface area contributed by atoms with Gasteiger partial charge >= 0.3 is 0 Å². The zero-order valence-electron chi connectivity index (χ0n) is 13.1. The predicted molar refractivity (Wildman–Crippen MR) is 83.2 cm³/mol. The van der Waals surface area contributed by atoms with E-state index in [1.807, 2.05) is 0 Å². The number of rotatable bonds is 5. The number of aromatic nitrogens is 2. The molecule has 1 saturated heterocycles. The van der Waals surface area contributed by atoms with Crippen molar-refractivity contribution in [3.05, 3.63) is 54.4 Å². The van der Waals surface area contributed by atoms with Gasteiger partial charge in [0, 0.05) is 13.1 Å². The van der Waals surface area contributed by atoms with Crippen molar-refractivity contribution >= 4 is 5.91 Å². The Morgan fingerprint density at radius 3 is 2.80 bits per heavy atom. The van der Waals surface area contributed by atoms with E-state index in [4.69, 9.17) is 13.7 Å². The Morgan fingerprint density at radius 2 is 2.08 bits per heavy atom. The fourth-order valence-corrected chi connectivity index (χ4v) is 2.51. The number of carbonyl (C=O) groups is 1. The Balaban J connectivity index is 1.28. The fraction of sp³-hybridized carbons (Fsp3) is 0.235. The number of hydrogen-bond acceptors (Lipinski definition) is 6. The van der Waals surface area contributed by atoms with Crippen LogP contribution < -0.4 is 4.74 Å². The SMILES string of the molecule is O=C(COc1ccc(F)cc1)N1CC(c2nc(-c3ccco3)no2)C1. The van der Waals surface area contributed by atoms with E-state index in [1.165, 1.54) is 30.5 Å². The van der Waals surface area contributed by atoms with Gasteiger partial charge in [-0.05, 0) is 36.4 Å². The van der Waals surface area contributed by atoms with Gasteiger partial charge in [0.05, 0.1) is 12.2 Å². The first-order valence-corrected chi connectivity index (χ1v) is 7.72. The molecule has 1 aliphatic rings. The zero-order valence-corrected chi connectivity index (χ0v) is 13.1. The van der Waals surface area contributed by atoms with E-state index in [-0.39, 0.29) is 24.2 Å². The van der Waals surface area contributed by atoms with Crippen molar-refractivity contribution in [1.82, 2.24) is 15.0 Å². The number of furan rings is 1. The molecule has 3 heterocycles. The van der Waals surface area contributed by atoms with Crippen molar-refractivity contribution in [2.75, 3.05) is 19.7 Å². The van der Waals surface area contributed by atoms with Gasteiger partial charge in [-0.25, -0.2) is 4.39 Å². The van der Waals surface area contributed by atoms with E-state index in [0.717, 1.165) is 0 Å². The minimum Gasteiger partial charge on any atom is -0.484 e. The highest BCUT2D eigenvalue weighted by molar-refractivity contribution is 5.78. The average Bonchev–Trinajstić information content (AvgIpc) is 3.24. The molecule has 0 bridgehead atoms. The van der Waals surface area contributed by atoms with Crippen molar-refractivity contribution in [3.63, 3.8) is 0 Å². The molecule has 0 radical (unpaired) electrons. The second-order valence-electron chi connectivity index (χ2n) is 5.67. The average molecular weight is 343 g/mol. The van der Waals surface area contributed by atoms with Crippen LogP contribution in [0.4, 0.5) is 4.39 Å². The lowest BCUT2D eigenvalue weighted by atomic mass is 10.0. The monoisotopic (exact) mass is 343 g/mol. The van der Waals surface area contributed by atoms with Gasteiger partial charge in [-0.2, -0.15) is 4.98 Å². The summed E-state index contributed by atoms with van der Waals surface area (Å²) in [5.74, 6) is 1.37. The van der Waals surface area contributed by atoms with Crippen LogP contribution in [0, 0.1) is 5.82 Å². The Kier molecular flexibility index (Phi) is 3.93. The Bertz CT molecular complexity index is 854. The molecule has 7 nitrogen and oxygen atoms in total. The highest BCUT2D eigenvalue weighted by Gasteiger charge is 2.35. The van der Waals surface area contributed by atoms with E-state index in [9.17, 15) is 9.18 Å². The molecule has 25 heavy (non-hydrogen) atoms. The highest BCUT2D eigenvalue weighted by Crippen LogP contribution is 2.27. The van der Waals surface area contributed by atoms with Gasteiger partial charge < -0.3 is 18.6 Å². The van der Waals surface area contributed by atoms with Crippen LogP contribution in [0.15, 0.2) is 51.6 Å². The number of carbonyl (C=O) groups excluding carboxylic acids is 1. The summed E-state index contributed by atoms with van der Waals surface area (Å²) in [6.07, 6.45) is 1.54. The molecular formula is C17H14FN3O4. The lowest BCUT2D eigenvalue weighted by molar-refractivity contribution is -0.138. The van der Waals surface area contributed by atoms with Crippen molar-refractivity contribution in [2.24, 2.45) is 0 Å². The molecule has 8 heteroatoms. The number of benzene rings is 1. The van der Waals surface area contributed by atoms with Crippen LogP contribution in [-0.2, 0) is 4.79 Å². The summed E-state index contributed by atoms with van der Waals surface area (Å²) >= 11 is 0. The van der Waals surface area contributed by atoms with Gasteiger partial charge in [0.2, 0.25) is 11.7 Å². The van der Waals surface area contributed by atoms with Crippen LogP contribution >= 0.6 is 0 Å². The molecule has 0 aliphatic carbocycles. The van der Waals surface area contributed by atoms with Gasteiger partial charge in [-0.3, -0.25) is 4.79 Å². The van der Waals surface area contributed by atoms with Crippen molar-refractivity contribution < 1.29 is 22.9 Å². The molecule has 0 spiro atoms. The quantitative estimate of drug-likeness (QED) is 0.708. The van der Waals surface area contributed by atoms with Crippen molar-refractivity contribution in [3.8, 4) is 17.3 Å².